The first-order valence-corrected chi connectivity index (χ1v) is 6.42. The van der Waals surface area contributed by atoms with Crippen LogP contribution < -0.4 is 4.90 Å². The van der Waals surface area contributed by atoms with Crippen molar-refractivity contribution in [3.63, 3.8) is 0 Å². The van der Waals surface area contributed by atoms with Crippen molar-refractivity contribution >= 4 is 23.6 Å². The number of rotatable bonds is 4. The molecule has 21 heavy (non-hydrogen) atoms. The Kier molecular flexibility index (Phi) is 4.51. The predicted octanol–water partition coefficient (Wildman–Crippen LogP) is 3.06. The summed E-state index contributed by atoms with van der Waals surface area (Å²) in [6.45, 7) is 0. The molecule has 1 amide bonds. The molecule has 0 aromatic heterocycles. The number of carbonyl (C=O) groups is 2. The van der Waals surface area contributed by atoms with E-state index in [1.165, 1.54) is 6.08 Å². The summed E-state index contributed by atoms with van der Waals surface area (Å²) < 4.78 is 0. The highest BCUT2D eigenvalue weighted by molar-refractivity contribution is 6.06. The summed E-state index contributed by atoms with van der Waals surface area (Å²) in [4.78, 5) is 24.5. The van der Waals surface area contributed by atoms with Gasteiger partial charge in [0.05, 0.1) is 0 Å². The Hall–Kier alpha value is -2.88. The average Bonchev–Trinajstić information content (AvgIpc) is 2.52. The number of amides is 1. The maximum absolute atomic E-state index is 12.4. The van der Waals surface area contributed by atoms with Gasteiger partial charge in [-0.25, -0.2) is 4.79 Å². The van der Waals surface area contributed by atoms with Crippen molar-refractivity contribution in [2.24, 2.45) is 0 Å². The monoisotopic (exact) mass is 281 g/mol. The fourth-order valence-corrected chi connectivity index (χ4v) is 1.91. The van der Waals surface area contributed by atoms with Crippen molar-refractivity contribution < 1.29 is 14.7 Å². The van der Waals surface area contributed by atoms with Crippen molar-refractivity contribution in [3.05, 3.63) is 71.8 Å². The number of nitrogens with zero attached hydrogens (tertiary/aromatic N) is 1. The Bertz CT molecular complexity index is 677. The molecular weight excluding hydrogens is 266 g/mol. The third-order valence-corrected chi connectivity index (χ3v) is 3.00. The van der Waals surface area contributed by atoms with Gasteiger partial charge >= 0.3 is 5.97 Å². The molecule has 0 radical (unpaired) electrons. The Morgan fingerprint density at radius 3 is 2.43 bits per heavy atom. The van der Waals surface area contributed by atoms with E-state index in [0.717, 1.165) is 11.8 Å². The Morgan fingerprint density at radius 2 is 1.76 bits per heavy atom. The molecule has 1 N–H and O–H groups in total. The molecule has 2 rings (SSSR count). The molecule has 0 saturated heterocycles. The summed E-state index contributed by atoms with van der Waals surface area (Å²) >= 11 is 0. The lowest BCUT2D eigenvalue weighted by Crippen LogP contribution is -2.26. The molecule has 4 heteroatoms. The summed E-state index contributed by atoms with van der Waals surface area (Å²) in [6, 6.07) is 16.2. The molecule has 0 atom stereocenters. The number of carboxylic acids is 1. The summed E-state index contributed by atoms with van der Waals surface area (Å²) in [7, 11) is 1.71. The van der Waals surface area contributed by atoms with Crippen LogP contribution in [0.15, 0.2) is 60.7 Å². The molecule has 0 aliphatic rings. The largest absolute Gasteiger partial charge is 0.478 e. The third kappa shape index (κ3) is 3.79. The lowest BCUT2D eigenvalue weighted by Gasteiger charge is -2.17. The fraction of sp³-hybridized carbons (Fsp3) is 0.0588. The molecule has 2 aromatic rings. The number of para-hydroxylation sites is 1. The van der Waals surface area contributed by atoms with Crippen LogP contribution in [0.25, 0.3) is 6.08 Å². The van der Waals surface area contributed by atoms with E-state index in [-0.39, 0.29) is 5.91 Å². The SMILES string of the molecule is CN(C(=O)c1cccc(C=CC(=O)O)c1)c1ccccc1. The molecule has 0 saturated carbocycles. The molecule has 4 nitrogen and oxygen atoms in total. The normalized spacial score (nSPS) is 10.5. The van der Waals surface area contributed by atoms with E-state index in [2.05, 4.69) is 0 Å². The molecule has 0 spiro atoms. The number of carboxylic acid groups (broad SMARTS) is 1. The number of hydrogen-bond donors (Lipinski definition) is 1. The van der Waals surface area contributed by atoms with Gasteiger partial charge in [0.25, 0.3) is 5.91 Å². The summed E-state index contributed by atoms with van der Waals surface area (Å²) in [6.07, 6.45) is 2.51. The third-order valence-electron chi connectivity index (χ3n) is 3.00. The first kappa shape index (κ1) is 14.5. The van der Waals surface area contributed by atoms with Gasteiger partial charge < -0.3 is 10.0 Å². The van der Waals surface area contributed by atoms with E-state index in [1.807, 2.05) is 30.3 Å². The first-order chi connectivity index (χ1) is 10.1. The maximum atomic E-state index is 12.4. The Labute approximate surface area is 123 Å². The van der Waals surface area contributed by atoms with Crippen LogP contribution in [0.4, 0.5) is 5.69 Å². The van der Waals surface area contributed by atoms with Gasteiger partial charge in [0.1, 0.15) is 0 Å². The van der Waals surface area contributed by atoms with Crippen molar-refractivity contribution in [2.75, 3.05) is 11.9 Å². The zero-order valence-electron chi connectivity index (χ0n) is 11.6. The highest BCUT2D eigenvalue weighted by Gasteiger charge is 2.13. The standard InChI is InChI=1S/C17H15NO3/c1-18(15-8-3-2-4-9-15)17(21)14-7-5-6-13(12-14)10-11-16(19)20/h2-12H,1H3,(H,19,20). The molecule has 0 unspecified atom stereocenters. The molecule has 2 aromatic carbocycles. The van der Waals surface area contributed by atoms with E-state index in [9.17, 15) is 9.59 Å². The van der Waals surface area contributed by atoms with Gasteiger partial charge in [0, 0.05) is 24.4 Å². The molecule has 0 heterocycles. The maximum Gasteiger partial charge on any atom is 0.328 e. The highest BCUT2D eigenvalue weighted by Crippen LogP contribution is 2.16. The minimum atomic E-state index is -1.02. The van der Waals surface area contributed by atoms with Crippen LogP contribution in [-0.4, -0.2) is 24.0 Å². The van der Waals surface area contributed by atoms with E-state index in [0.29, 0.717) is 11.1 Å². The molecule has 0 aliphatic carbocycles. The zero-order valence-corrected chi connectivity index (χ0v) is 11.6. The molecule has 0 fully saturated rings. The summed E-state index contributed by atoms with van der Waals surface area (Å²) in [5, 5.41) is 8.63. The van der Waals surface area contributed by atoms with Gasteiger partial charge in [-0.1, -0.05) is 30.3 Å². The summed E-state index contributed by atoms with van der Waals surface area (Å²) in [5.74, 6) is -1.17. The van der Waals surface area contributed by atoms with Gasteiger partial charge in [-0.3, -0.25) is 4.79 Å². The van der Waals surface area contributed by atoms with Crippen LogP contribution >= 0.6 is 0 Å². The smallest absolute Gasteiger partial charge is 0.328 e. The minimum absolute atomic E-state index is 0.147. The molecule has 106 valence electrons. The first-order valence-electron chi connectivity index (χ1n) is 6.42. The second-order valence-corrected chi connectivity index (χ2v) is 4.50. The van der Waals surface area contributed by atoms with E-state index >= 15 is 0 Å². The summed E-state index contributed by atoms with van der Waals surface area (Å²) in [5.41, 5.74) is 1.98. The zero-order chi connectivity index (χ0) is 15.2. The van der Waals surface area contributed by atoms with Crippen LogP contribution in [0.5, 0.6) is 0 Å². The van der Waals surface area contributed by atoms with Crippen LogP contribution in [0.3, 0.4) is 0 Å². The second-order valence-electron chi connectivity index (χ2n) is 4.50. The lowest BCUT2D eigenvalue weighted by molar-refractivity contribution is -0.131. The number of aliphatic carboxylic acids is 1. The van der Waals surface area contributed by atoms with Crippen molar-refractivity contribution in [1.82, 2.24) is 0 Å². The van der Waals surface area contributed by atoms with Gasteiger partial charge in [-0.2, -0.15) is 0 Å². The Morgan fingerprint density at radius 1 is 1.05 bits per heavy atom. The predicted molar refractivity (Wildman–Crippen MR) is 82.3 cm³/mol. The van der Waals surface area contributed by atoms with Gasteiger partial charge in [-0.05, 0) is 35.9 Å². The molecule has 0 bridgehead atoms. The second kappa shape index (κ2) is 6.52. The van der Waals surface area contributed by atoms with Crippen LogP contribution in [0.2, 0.25) is 0 Å². The van der Waals surface area contributed by atoms with E-state index in [4.69, 9.17) is 5.11 Å². The average molecular weight is 281 g/mol. The van der Waals surface area contributed by atoms with Crippen molar-refractivity contribution in [3.8, 4) is 0 Å². The fourth-order valence-electron chi connectivity index (χ4n) is 1.91. The molecular formula is C17H15NO3. The van der Waals surface area contributed by atoms with E-state index in [1.54, 1.807) is 36.2 Å². The number of benzene rings is 2. The van der Waals surface area contributed by atoms with Gasteiger partial charge in [0.2, 0.25) is 0 Å². The quantitative estimate of drug-likeness (QED) is 0.876. The Balaban J connectivity index is 2.23. The minimum Gasteiger partial charge on any atom is -0.478 e. The van der Waals surface area contributed by atoms with Gasteiger partial charge in [0.15, 0.2) is 0 Å². The van der Waals surface area contributed by atoms with Crippen LogP contribution in [0, 0.1) is 0 Å². The lowest BCUT2D eigenvalue weighted by atomic mass is 10.1. The number of carbonyl (C=O) groups excluding carboxylic acids is 1. The van der Waals surface area contributed by atoms with Crippen molar-refractivity contribution in [1.29, 1.82) is 0 Å². The highest BCUT2D eigenvalue weighted by atomic mass is 16.4. The molecule has 0 aliphatic heterocycles. The van der Waals surface area contributed by atoms with Gasteiger partial charge in [-0.15, -0.1) is 0 Å². The van der Waals surface area contributed by atoms with Crippen molar-refractivity contribution in [2.45, 2.75) is 0 Å². The van der Waals surface area contributed by atoms with Crippen LogP contribution in [-0.2, 0) is 4.79 Å². The van der Waals surface area contributed by atoms with E-state index < -0.39 is 5.97 Å². The number of anilines is 1. The topological polar surface area (TPSA) is 57.6 Å². The number of hydrogen-bond acceptors (Lipinski definition) is 2. The van der Waals surface area contributed by atoms with Crippen LogP contribution in [0.1, 0.15) is 15.9 Å².